The zero-order valence-corrected chi connectivity index (χ0v) is 27.1. The maximum atomic E-state index is 12.8. The van der Waals surface area contributed by atoms with Gasteiger partial charge < -0.3 is 38.9 Å². The zero-order chi connectivity index (χ0) is 32.9. The molecule has 0 saturated heterocycles. The summed E-state index contributed by atoms with van der Waals surface area (Å²) in [7, 11) is 1.19. The zero-order valence-electron chi connectivity index (χ0n) is 27.1. The molecule has 1 aromatic carbocycles. The van der Waals surface area contributed by atoms with E-state index in [0.29, 0.717) is 5.56 Å². The fourth-order valence-corrected chi connectivity index (χ4v) is 3.51. The fourth-order valence-electron chi connectivity index (χ4n) is 3.51. The topological polar surface area (TPSA) is 159 Å². The molecule has 43 heavy (non-hydrogen) atoms. The average molecular weight is 612 g/mol. The van der Waals surface area contributed by atoms with Crippen molar-refractivity contribution in [1.29, 1.82) is 0 Å². The molecule has 0 aliphatic carbocycles. The highest BCUT2D eigenvalue weighted by Crippen LogP contribution is 2.32. The molecule has 0 aromatic heterocycles. The molecule has 5 atom stereocenters. The van der Waals surface area contributed by atoms with Gasteiger partial charge in [0.05, 0.1) is 13.7 Å². The Morgan fingerprint density at radius 1 is 0.791 bits per heavy atom. The molecule has 0 amide bonds. The van der Waals surface area contributed by atoms with Gasteiger partial charge in [0.25, 0.3) is 0 Å². The molecule has 244 valence electrons. The number of methoxy groups -OCH3 is 1. The maximum Gasteiger partial charge on any atom is 0.514 e. The first-order chi connectivity index (χ1) is 20.0. The molecule has 2 N–H and O–H groups in total. The molecule has 3 unspecified atom stereocenters. The Kier molecular flexibility index (Phi) is 15.3. The lowest BCUT2D eigenvalue weighted by Gasteiger charge is -2.29. The van der Waals surface area contributed by atoms with Crippen LogP contribution < -0.4 is 15.2 Å². The van der Waals surface area contributed by atoms with Crippen molar-refractivity contribution in [3.05, 3.63) is 23.8 Å². The highest BCUT2D eigenvalue weighted by molar-refractivity contribution is 5.81. The Labute approximate surface area is 254 Å². The number of hydrogen-bond donors (Lipinski definition) is 1. The van der Waals surface area contributed by atoms with Crippen LogP contribution in [0.1, 0.15) is 80.7 Å². The number of ether oxygens (including phenoxy) is 7. The lowest BCUT2D eigenvalue weighted by molar-refractivity contribution is -0.148. The van der Waals surface area contributed by atoms with Crippen molar-refractivity contribution in [2.75, 3.05) is 13.7 Å². The third-order valence-corrected chi connectivity index (χ3v) is 7.08. The molecule has 0 aliphatic rings. The Morgan fingerprint density at radius 2 is 1.33 bits per heavy atom. The van der Waals surface area contributed by atoms with Gasteiger partial charge >= 0.3 is 24.4 Å². The second kappa shape index (κ2) is 17.5. The van der Waals surface area contributed by atoms with Crippen LogP contribution in [0, 0.1) is 17.8 Å². The van der Waals surface area contributed by atoms with Crippen molar-refractivity contribution in [3.63, 3.8) is 0 Å². The summed E-state index contributed by atoms with van der Waals surface area (Å²) in [6.45, 7) is 16.7. The van der Waals surface area contributed by atoms with E-state index in [1.165, 1.54) is 19.2 Å². The minimum absolute atomic E-state index is 0.0246. The van der Waals surface area contributed by atoms with Crippen LogP contribution in [0.25, 0.3) is 0 Å². The van der Waals surface area contributed by atoms with E-state index < -0.39 is 48.3 Å². The Balaban J connectivity index is 3.24. The van der Waals surface area contributed by atoms with Crippen molar-refractivity contribution < 1.29 is 52.3 Å². The smallest absolute Gasteiger partial charge is 0.468 e. The molecule has 0 bridgehead atoms. The van der Waals surface area contributed by atoms with Crippen LogP contribution in [-0.4, -0.2) is 62.0 Å². The summed E-state index contributed by atoms with van der Waals surface area (Å²) in [5, 5.41) is 0. The van der Waals surface area contributed by atoms with Gasteiger partial charge in [-0.15, -0.1) is 0 Å². The van der Waals surface area contributed by atoms with Crippen LogP contribution in [-0.2, 0) is 34.9 Å². The molecule has 0 heterocycles. The Hall–Kier alpha value is -3.54. The summed E-state index contributed by atoms with van der Waals surface area (Å²) in [5.41, 5.74) is 5.29. The number of esters is 1. The van der Waals surface area contributed by atoms with E-state index in [1.54, 1.807) is 26.8 Å². The van der Waals surface area contributed by atoms with Crippen LogP contribution in [0.3, 0.4) is 0 Å². The first-order valence-corrected chi connectivity index (χ1v) is 14.6. The molecule has 0 saturated carbocycles. The van der Waals surface area contributed by atoms with Crippen LogP contribution in [0.15, 0.2) is 18.2 Å². The van der Waals surface area contributed by atoms with Crippen LogP contribution in [0.4, 0.5) is 14.4 Å². The van der Waals surface area contributed by atoms with Gasteiger partial charge in [-0.1, -0.05) is 54.0 Å². The maximum absolute atomic E-state index is 12.8. The molecule has 1 rings (SSSR count). The fraction of sp³-hybridized carbons (Fsp3) is 0.677. The van der Waals surface area contributed by atoms with Crippen molar-refractivity contribution in [1.82, 2.24) is 0 Å². The summed E-state index contributed by atoms with van der Waals surface area (Å²) >= 11 is 0. The summed E-state index contributed by atoms with van der Waals surface area (Å²) < 4.78 is 36.7. The predicted molar refractivity (Wildman–Crippen MR) is 158 cm³/mol. The molecule has 0 fully saturated rings. The number of carbonyl (C=O) groups excluding carboxylic acids is 4. The van der Waals surface area contributed by atoms with Crippen molar-refractivity contribution >= 4 is 24.4 Å². The third-order valence-electron chi connectivity index (χ3n) is 7.08. The first-order valence-electron chi connectivity index (χ1n) is 14.6. The van der Waals surface area contributed by atoms with Crippen molar-refractivity contribution in [3.8, 4) is 11.5 Å². The standard InChI is InChI=1S/C31H49NO11/c1-11-20(6)17-38-28(34)39-21(7)15-31(32,27(33)37-10)16-24-12-13-25(42-29(35)40-22(8)18(2)3)26(14-24)43-30(36)41-23(9)19(4)5/h12-14,18-23H,11,15-17,32H2,1-10H3/t20?,21-,22-,23?,31?/m0/s1. The van der Waals surface area contributed by atoms with E-state index in [-0.39, 0.29) is 48.7 Å². The highest BCUT2D eigenvalue weighted by atomic mass is 16.8. The van der Waals surface area contributed by atoms with E-state index in [2.05, 4.69) is 0 Å². The average Bonchev–Trinajstić information content (AvgIpc) is 2.91. The van der Waals surface area contributed by atoms with Crippen LogP contribution >= 0.6 is 0 Å². The lowest BCUT2D eigenvalue weighted by atomic mass is 9.86. The summed E-state index contributed by atoms with van der Waals surface area (Å²) in [6, 6.07) is 4.32. The second-order valence-corrected chi connectivity index (χ2v) is 11.7. The van der Waals surface area contributed by atoms with Gasteiger partial charge in [-0.3, -0.25) is 4.79 Å². The van der Waals surface area contributed by atoms with E-state index in [0.717, 1.165) is 6.42 Å². The molecule has 12 nitrogen and oxygen atoms in total. The number of rotatable bonds is 15. The summed E-state index contributed by atoms with van der Waals surface area (Å²) in [5.74, 6) is -0.784. The summed E-state index contributed by atoms with van der Waals surface area (Å²) in [6.07, 6.45) is -3.96. The SMILES string of the molecule is CCC(C)COC(=O)O[C@@H](C)CC(N)(Cc1ccc(OC(=O)O[C@@H](C)C(C)C)c(OC(=O)OC(C)C(C)C)c1)C(=O)OC. The van der Waals surface area contributed by atoms with Crippen molar-refractivity contribution in [2.45, 2.75) is 105 Å². The number of nitrogens with two attached hydrogens (primary N) is 1. The largest absolute Gasteiger partial charge is 0.514 e. The van der Waals surface area contributed by atoms with Crippen molar-refractivity contribution in [2.24, 2.45) is 23.5 Å². The van der Waals surface area contributed by atoms with Crippen LogP contribution in [0.2, 0.25) is 0 Å². The van der Waals surface area contributed by atoms with Gasteiger partial charge in [0.2, 0.25) is 0 Å². The summed E-state index contributed by atoms with van der Waals surface area (Å²) in [4.78, 5) is 50.0. The minimum atomic E-state index is -1.65. The molecule has 1 aromatic rings. The van der Waals surface area contributed by atoms with Gasteiger partial charge in [-0.2, -0.15) is 0 Å². The third kappa shape index (κ3) is 13.1. The van der Waals surface area contributed by atoms with Gasteiger partial charge in [0.15, 0.2) is 11.5 Å². The lowest BCUT2D eigenvalue weighted by Crippen LogP contribution is -2.53. The Bertz CT molecular complexity index is 1070. The number of benzene rings is 1. The number of hydrogen-bond acceptors (Lipinski definition) is 12. The van der Waals surface area contributed by atoms with Gasteiger partial charge in [0.1, 0.15) is 23.9 Å². The van der Waals surface area contributed by atoms with E-state index in [9.17, 15) is 19.2 Å². The molecule has 0 radical (unpaired) electrons. The molecule has 0 spiro atoms. The van der Waals surface area contributed by atoms with Gasteiger partial charge in [0, 0.05) is 12.8 Å². The minimum Gasteiger partial charge on any atom is -0.468 e. The van der Waals surface area contributed by atoms with E-state index >= 15 is 0 Å². The molecule has 0 aliphatic heterocycles. The first kappa shape index (κ1) is 37.5. The number of carbonyl (C=O) groups is 4. The highest BCUT2D eigenvalue weighted by Gasteiger charge is 2.38. The molecular weight excluding hydrogens is 562 g/mol. The second-order valence-electron chi connectivity index (χ2n) is 11.7. The van der Waals surface area contributed by atoms with Gasteiger partial charge in [-0.05, 0) is 56.2 Å². The molecular formula is C31H49NO11. The Morgan fingerprint density at radius 3 is 1.81 bits per heavy atom. The normalized spacial score (nSPS) is 15.4. The van der Waals surface area contributed by atoms with Gasteiger partial charge in [-0.25, -0.2) is 14.4 Å². The van der Waals surface area contributed by atoms with E-state index in [4.69, 9.17) is 38.9 Å². The quantitative estimate of drug-likeness (QED) is 0.136. The predicted octanol–water partition coefficient (Wildman–Crippen LogP) is 6.20. The molecule has 12 heteroatoms. The monoisotopic (exact) mass is 611 g/mol. The van der Waals surface area contributed by atoms with E-state index in [1.807, 2.05) is 41.5 Å². The van der Waals surface area contributed by atoms with Crippen LogP contribution in [0.5, 0.6) is 11.5 Å².